The van der Waals surface area contributed by atoms with Crippen molar-refractivity contribution in [1.29, 1.82) is 0 Å². The lowest BCUT2D eigenvalue weighted by molar-refractivity contribution is 0.103. The Morgan fingerprint density at radius 1 is 1.10 bits per heavy atom. The molecule has 0 spiro atoms. The Hall–Kier alpha value is -2.95. The fraction of sp³-hybridized carbons (Fsp3) is 0. The number of nitrogen functional groups attached to an aromatic ring is 1. The summed E-state index contributed by atoms with van der Waals surface area (Å²) in [6.45, 7) is 0. The SMILES string of the molecule is Nc1ccc(F)cc1C(=O)c1ccnn1-c1ccccc1. The van der Waals surface area contributed by atoms with Crippen LogP contribution in [0.2, 0.25) is 0 Å². The average Bonchev–Trinajstić information content (AvgIpc) is 2.99. The molecule has 1 heterocycles. The van der Waals surface area contributed by atoms with Gasteiger partial charge in [0, 0.05) is 5.69 Å². The van der Waals surface area contributed by atoms with E-state index in [1.54, 1.807) is 6.07 Å². The van der Waals surface area contributed by atoms with Crippen LogP contribution in [0, 0.1) is 5.82 Å². The summed E-state index contributed by atoms with van der Waals surface area (Å²) in [6, 6.07) is 14.6. The average molecular weight is 281 g/mol. The Bertz CT molecular complexity index is 796. The zero-order valence-electron chi connectivity index (χ0n) is 11.0. The lowest BCUT2D eigenvalue weighted by Crippen LogP contribution is -2.12. The second kappa shape index (κ2) is 5.20. The van der Waals surface area contributed by atoms with Crippen LogP contribution in [0.4, 0.5) is 10.1 Å². The summed E-state index contributed by atoms with van der Waals surface area (Å²) in [5, 5.41) is 4.15. The number of anilines is 1. The van der Waals surface area contributed by atoms with E-state index in [0.29, 0.717) is 5.69 Å². The number of hydrogen-bond acceptors (Lipinski definition) is 3. The minimum atomic E-state index is -0.502. The van der Waals surface area contributed by atoms with Gasteiger partial charge in [-0.1, -0.05) is 18.2 Å². The largest absolute Gasteiger partial charge is 0.398 e. The first-order valence-electron chi connectivity index (χ1n) is 6.36. The molecule has 3 aromatic rings. The molecule has 0 atom stereocenters. The molecule has 0 amide bonds. The number of benzene rings is 2. The Labute approximate surface area is 120 Å². The first-order valence-corrected chi connectivity index (χ1v) is 6.36. The second-order valence-electron chi connectivity index (χ2n) is 4.52. The maximum Gasteiger partial charge on any atom is 0.213 e. The lowest BCUT2D eigenvalue weighted by atomic mass is 10.1. The van der Waals surface area contributed by atoms with Gasteiger partial charge in [0.25, 0.3) is 0 Å². The molecule has 3 rings (SSSR count). The van der Waals surface area contributed by atoms with Crippen molar-refractivity contribution in [2.24, 2.45) is 0 Å². The number of ketones is 1. The van der Waals surface area contributed by atoms with Gasteiger partial charge in [-0.15, -0.1) is 0 Å². The number of aromatic nitrogens is 2. The highest BCUT2D eigenvalue weighted by molar-refractivity contribution is 6.11. The monoisotopic (exact) mass is 281 g/mol. The molecule has 0 fully saturated rings. The normalized spacial score (nSPS) is 10.5. The molecule has 2 N–H and O–H groups in total. The highest BCUT2D eigenvalue weighted by Crippen LogP contribution is 2.19. The first kappa shape index (κ1) is 13.1. The van der Waals surface area contributed by atoms with Gasteiger partial charge in [-0.25, -0.2) is 9.07 Å². The third-order valence-electron chi connectivity index (χ3n) is 3.14. The van der Waals surface area contributed by atoms with Gasteiger partial charge >= 0.3 is 0 Å². The summed E-state index contributed by atoms with van der Waals surface area (Å²) in [4.78, 5) is 12.6. The van der Waals surface area contributed by atoms with Gasteiger partial charge in [-0.2, -0.15) is 5.10 Å². The molecule has 0 saturated carbocycles. The van der Waals surface area contributed by atoms with E-state index in [0.717, 1.165) is 11.8 Å². The van der Waals surface area contributed by atoms with E-state index in [2.05, 4.69) is 5.10 Å². The second-order valence-corrected chi connectivity index (χ2v) is 4.52. The van der Waals surface area contributed by atoms with E-state index in [1.165, 1.54) is 23.0 Å². The fourth-order valence-electron chi connectivity index (χ4n) is 2.11. The zero-order valence-corrected chi connectivity index (χ0v) is 11.0. The molecule has 0 aliphatic rings. The molecule has 0 unspecified atom stereocenters. The van der Waals surface area contributed by atoms with E-state index >= 15 is 0 Å². The number of nitrogens with zero attached hydrogens (tertiary/aromatic N) is 2. The number of rotatable bonds is 3. The summed E-state index contributed by atoms with van der Waals surface area (Å²) in [7, 11) is 0. The van der Waals surface area contributed by atoms with Gasteiger partial charge in [0.05, 0.1) is 17.4 Å². The highest BCUT2D eigenvalue weighted by atomic mass is 19.1. The first-order chi connectivity index (χ1) is 10.2. The number of halogens is 1. The summed E-state index contributed by atoms with van der Waals surface area (Å²) in [6.07, 6.45) is 1.52. The molecular formula is C16H12FN3O. The van der Waals surface area contributed by atoms with Crippen molar-refractivity contribution in [1.82, 2.24) is 9.78 Å². The minimum absolute atomic E-state index is 0.132. The lowest BCUT2D eigenvalue weighted by Gasteiger charge is -2.08. The standard InChI is InChI=1S/C16H12FN3O/c17-11-6-7-14(18)13(10-11)16(21)15-8-9-19-20(15)12-4-2-1-3-5-12/h1-10H,18H2. The van der Waals surface area contributed by atoms with Crippen LogP contribution in [0.5, 0.6) is 0 Å². The molecule has 104 valence electrons. The van der Waals surface area contributed by atoms with Crippen molar-refractivity contribution in [2.75, 3.05) is 5.73 Å². The van der Waals surface area contributed by atoms with Crippen molar-refractivity contribution >= 4 is 11.5 Å². The molecule has 21 heavy (non-hydrogen) atoms. The third-order valence-corrected chi connectivity index (χ3v) is 3.14. The fourth-order valence-corrected chi connectivity index (χ4v) is 2.11. The Kier molecular flexibility index (Phi) is 3.23. The molecular weight excluding hydrogens is 269 g/mol. The highest BCUT2D eigenvalue weighted by Gasteiger charge is 2.18. The van der Waals surface area contributed by atoms with Crippen molar-refractivity contribution in [2.45, 2.75) is 0 Å². The molecule has 0 aliphatic heterocycles. The van der Waals surface area contributed by atoms with Gasteiger partial charge in [0.1, 0.15) is 11.5 Å². The van der Waals surface area contributed by atoms with E-state index < -0.39 is 5.82 Å². The topological polar surface area (TPSA) is 60.9 Å². The molecule has 1 aromatic heterocycles. The van der Waals surface area contributed by atoms with Gasteiger partial charge in [0.2, 0.25) is 5.78 Å². The number of carbonyl (C=O) groups is 1. The van der Waals surface area contributed by atoms with Crippen molar-refractivity contribution in [3.05, 3.63) is 77.9 Å². The number of para-hydroxylation sites is 1. The van der Waals surface area contributed by atoms with Crippen LogP contribution in [-0.4, -0.2) is 15.6 Å². The van der Waals surface area contributed by atoms with Crippen LogP contribution >= 0.6 is 0 Å². The van der Waals surface area contributed by atoms with Crippen LogP contribution in [0.25, 0.3) is 5.69 Å². The Morgan fingerprint density at radius 3 is 2.62 bits per heavy atom. The van der Waals surface area contributed by atoms with E-state index in [1.807, 2.05) is 30.3 Å². The van der Waals surface area contributed by atoms with Gasteiger partial charge < -0.3 is 5.73 Å². The van der Waals surface area contributed by atoms with E-state index in [-0.39, 0.29) is 17.0 Å². The van der Waals surface area contributed by atoms with Crippen LogP contribution in [0.1, 0.15) is 16.1 Å². The van der Waals surface area contributed by atoms with Crippen LogP contribution in [0.3, 0.4) is 0 Å². The molecule has 0 radical (unpaired) electrons. The van der Waals surface area contributed by atoms with E-state index in [9.17, 15) is 9.18 Å². The molecule has 0 bridgehead atoms. The maximum atomic E-state index is 13.3. The van der Waals surface area contributed by atoms with E-state index in [4.69, 9.17) is 5.73 Å². The number of nitrogens with two attached hydrogens (primary N) is 1. The summed E-state index contributed by atoms with van der Waals surface area (Å²) < 4.78 is 14.8. The number of carbonyl (C=O) groups excluding carboxylic acids is 1. The summed E-state index contributed by atoms with van der Waals surface area (Å²) in [5.41, 5.74) is 7.22. The van der Waals surface area contributed by atoms with Gasteiger partial charge in [-0.05, 0) is 36.4 Å². The van der Waals surface area contributed by atoms with Crippen molar-refractivity contribution in [3.8, 4) is 5.69 Å². The summed E-state index contributed by atoms with van der Waals surface area (Å²) >= 11 is 0. The maximum absolute atomic E-state index is 13.3. The van der Waals surface area contributed by atoms with Crippen molar-refractivity contribution < 1.29 is 9.18 Å². The molecule has 5 heteroatoms. The summed E-state index contributed by atoms with van der Waals surface area (Å²) in [5.74, 6) is -0.869. The third kappa shape index (κ3) is 2.41. The number of hydrogen-bond donors (Lipinski definition) is 1. The quantitative estimate of drug-likeness (QED) is 0.593. The molecule has 2 aromatic carbocycles. The Balaban J connectivity index is 2.08. The van der Waals surface area contributed by atoms with Gasteiger partial charge in [0.15, 0.2) is 0 Å². The zero-order chi connectivity index (χ0) is 14.8. The smallest absolute Gasteiger partial charge is 0.213 e. The predicted octanol–water partition coefficient (Wildman–Crippen LogP) is 2.82. The molecule has 4 nitrogen and oxygen atoms in total. The Morgan fingerprint density at radius 2 is 1.86 bits per heavy atom. The minimum Gasteiger partial charge on any atom is -0.398 e. The van der Waals surface area contributed by atoms with Crippen molar-refractivity contribution in [3.63, 3.8) is 0 Å². The van der Waals surface area contributed by atoms with Crippen LogP contribution in [-0.2, 0) is 0 Å². The van der Waals surface area contributed by atoms with Gasteiger partial charge in [-0.3, -0.25) is 4.79 Å². The van der Waals surface area contributed by atoms with Crippen LogP contribution in [0.15, 0.2) is 60.8 Å². The predicted molar refractivity (Wildman–Crippen MR) is 77.8 cm³/mol. The molecule has 0 saturated heterocycles. The van der Waals surface area contributed by atoms with Crippen LogP contribution < -0.4 is 5.73 Å². The molecule has 0 aliphatic carbocycles.